The molecule has 2 heterocycles. The molecule has 1 aliphatic rings. The van der Waals surface area contributed by atoms with Gasteiger partial charge in [-0.15, -0.1) is 0 Å². The van der Waals surface area contributed by atoms with Gasteiger partial charge in [-0.25, -0.2) is 0 Å². The van der Waals surface area contributed by atoms with E-state index in [0.717, 1.165) is 11.3 Å². The number of anilines is 1. The van der Waals surface area contributed by atoms with Crippen molar-refractivity contribution in [2.45, 2.75) is 32.5 Å². The summed E-state index contributed by atoms with van der Waals surface area (Å²) in [5.74, 6) is 0.179. The summed E-state index contributed by atoms with van der Waals surface area (Å²) >= 11 is 0. The number of hydrogen-bond acceptors (Lipinski definition) is 4. The van der Waals surface area contributed by atoms with Crippen LogP contribution in [0.15, 0.2) is 60.7 Å². The summed E-state index contributed by atoms with van der Waals surface area (Å²) in [6.45, 7) is 4.25. The molecule has 154 valence electrons. The van der Waals surface area contributed by atoms with Crippen LogP contribution >= 0.6 is 0 Å². The van der Waals surface area contributed by atoms with Crippen LogP contribution in [-0.4, -0.2) is 34.2 Å². The molecule has 0 saturated carbocycles. The highest BCUT2D eigenvalue weighted by Crippen LogP contribution is 2.33. The van der Waals surface area contributed by atoms with Crippen molar-refractivity contribution in [3.63, 3.8) is 0 Å². The first-order valence-electron chi connectivity index (χ1n) is 9.77. The molecule has 0 saturated heterocycles. The van der Waals surface area contributed by atoms with E-state index in [4.69, 9.17) is 4.74 Å². The molecule has 7 nitrogen and oxygen atoms in total. The minimum atomic E-state index is -1.15. The van der Waals surface area contributed by atoms with Crippen molar-refractivity contribution in [2.24, 2.45) is 0 Å². The quantitative estimate of drug-likeness (QED) is 0.709. The van der Waals surface area contributed by atoms with Gasteiger partial charge in [-0.1, -0.05) is 30.3 Å². The molecular formula is C23H24N4O3. The normalized spacial score (nSPS) is 18.1. The number of nitrogens with one attached hydrogen (secondary N) is 1. The summed E-state index contributed by atoms with van der Waals surface area (Å²) < 4.78 is 6.86. The number of aromatic nitrogens is 2. The molecule has 2 amide bonds. The van der Waals surface area contributed by atoms with E-state index in [1.54, 1.807) is 53.9 Å². The van der Waals surface area contributed by atoms with Gasteiger partial charge in [-0.05, 0) is 49.7 Å². The molecule has 1 aromatic heterocycles. The standard InChI is InChI=1S/C23H24N4O3/c1-16-13-20-21(28)27(18-9-11-19(30-3)12-10-18)23(2,15-26(20)25-16)22(29)24-14-17-7-5-4-6-8-17/h4-13H,14-15H2,1-3H3,(H,24,29). The van der Waals surface area contributed by atoms with Crippen LogP contribution in [0.3, 0.4) is 0 Å². The highest BCUT2D eigenvalue weighted by Gasteiger charge is 2.48. The van der Waals surface area contributed by atoms with Crippen LogP contribution in [-0.2, 0) is 17.9 Å². The molecule has 0 aliphatic carbocycles. The zero-order valence-electron chi connectivity index (χ0n) is 17.3. The van der Waals surface area contributed by atoms with Gasteiger partial charge in [0.1, 0.15) is 17.0 Å². The Bertz CT molecular complexity index is 1080. The Balaban J connectivity index is 1.71. The molecule has 1 N–H and O–H groups in total. The number of ether oxygens (including phenoxy) is 1. The first-order valence-corrected chi connectivity index (χ1v) is 9.77. The highest BCUT2D eigenvalue weighted by molar-refractivity contribution is 6.11. The van der Waals surface area contributed by atoms with Crippen LogP contribution in [0.1, 0.15) is 28.7 Å². The van der Waals surface area contributed by atoms with Crippen LogP contribution in [0, 0.1) is 6.92 Å². The molecule has 1 aliphatic heterocycles. The minimum absolute atomic E-state index is 0.241. The molecule has 0 bridgehead atoms. The SMILES string of the molecule is COc1ccc(N2C(=O)c3cc(C)nn3CC2(C)C(=O)NCc2ccccc2)cc1. The van der Waals surface area contributed by atoms with E-state index >= 15 is 0 Å². The first kappa shape index (κ1) is 19.7. The van der Waals surface area contributed by atoms with Crippen LogP contribution in [0.2, 0.25) is 0 Å². The number of hydrogen-bond donors (Lipinski definition) is 1. The lowest BCUT2D eigenvalue weighted by molar-refractivity contribution is -0.126. The van der Waals surface area contributed by atoms with Crippen molar-refractivity contribution in [3.8, 4) is 5.75 Å². The molecule has 0 spiro atoms. The van der Waals surface area contributed by atoms with Gasteiger partial charge in [0.05, 0.1) is 19.3 Å². The number of fused-ring (bicyclic) bond motifs is 1. The number of carbonyl (C=O) groups is 2. The Morgan fingerprint density at radius 3 is 2.53 bits per heavy atom. The number of aryl methyl sites for hydroxylation is 1. The summed E-state index contributed by atoms with van der Waals surface area (Å²) in [5, 5.41) is 7.41. The molecule has 0 radical (unpaired) electrons. The third-order valence-corrected chi connectivity index (χ3v) is 5.39. The second-order valence-electron chi connectivity index (χ2n) is 7.61. The summed E-state index contributed by atoms with van der Waals surface area (Å²) in [6.07, 6.45) is 0. The van der Waals surface area contributed by atoms with E-state index < -0.39 is 5.54 Å². The van der Waals surface area contributed by atoms with Crippen molar-refractivity contribution in [3.05, 3.63) is 77.6 Å². The fourth-order valence-electron chi connectivity index (χ4n) is 3.81. The number of amides is 2. The van der Waals surface area contributed by atoms with Crippen molar-refractivity contribution in [1.29, 1.82) is 0 Å². The third kappa shape index (κ3) is 3.43. The maximum atomic E-state index is 13.4. The average molecular weight is 404 g/mol. The van der Waals surface area contributed by atoms with Crippen molar-refractivity contribution < 1.29 is 14.3 Å². The van der Waals surface area contributed by atoms with Gasteiger partial charge in [0.25, 0.3) is 5.91 Å². The van der Waals surface area contributed by atoms with E-state index in [-0.39, 0.29) is 18.4 Å². The van der Waals surface area contributed by atoms with E-state index in [1.165, 1.54) is 0 Å². The molecule has 4 rings (SSSR count). The summed E-state index contributed by atoms with van der Waals surface area (Å²) in [6, 6.07) is 18.6. The second kappa shape index (κ2) is 7.67. The third-order valence-electron chi connectivity index (χ3n) is 5.39. The Kier molecular flexibility index (Phi) is 5.03. The molecule has 7 heteroatoms. The number of methoxy groups -OCH3 is 1. The fourth-order valence-corrected chi connectivity index (χ4v) is 3.81. The van der Waals surface area contributed by atoms with Gasteiger partial charge in [0.2, 0.25) is 5.91 Å². The topological polar surface area (TPSA) is 76.5 Å². The van der Waals surface area contributed by atoms with E-state index in [9.17, 15) is 9.59 Å². The molecule has 2 aromatic carbocycles. The zero-order valence-corrected chi connectivity index (χ0v) is 17.3. The number of nitrogens with zero attached hydrogens (tertiary/aromatic N) is 3. The maximum absolute atomic E-state index is 13.4. The largest absolute Gasteiger partial charge is 0.497 e. The van der Waals surface area contributed by atoms with Gasteiger partial charge in [0.15, 0.2) is 0 Å². The molecular weight excluding hydrogens is 380 g/mol. The number of rotatable bonds is 5. The van der Waals surface area contributed by atoms with Crippen molar-refractivity contribution in [1.82, 2.24) is 15.1 Å². The average Bonchev–Trinajstić information content (AvgIpc) is 3.13. The summed E-state index contributed by atoms with van der Waals surface area (Å²) in [7, 11) is 1.59. The molecule has 0 fully saturated rings. The van der Waals surface area contributed by atoms with E-state index in [2.05, 4.69) is 10.4 Å². The Morgan fingerprint density at radius 1 is 1.17 bits per heavy atom. The van der Waals surface area contributed by atoms with Crippen LogP contribution in [0.4, 0.5) is 5.69 Å². The lowest BCUT2D eigenvalue weighted by Gasteiger charge is -2.43. The maximum Gasteiger partial charge on any atom is 0.277 e. The van der Waals surface area contributed by atoms with Gasteiger partial charge in [-0.3, -0.25) is 19.2 Å². The lowest BCUT2D eigenvalue weighted by Crippen LogP contribution is -2.64. The molecule has 1 unspecified atom stereocenters. The van der Waals surface area contributed by atoms with Crippen molar-refractivity contribution in [2.75, 3.05) is 12.0 Å². The predicted octanol–water partition coefficient (Wildman–Crippen LogP) is 2.94. The summed E-state index contributed by atoms with van der Waals surface area (Å²) in [4.78, 5) is 28.4. The zero-order chi connectivity index (χ0) is 21.3. The van der Waals surface area contributed by atoms with Crippen molar-refractivity contribution >= 4 is 17.5 Å². The fraction of sp³-hybridized carbons (Fsp3) is 0.261. The lowest BCUT2D eigenvalue weighted by atomic mass is 9.94. The van der Waals surface area contributed by atoms with Crippen LogP contribution in [0.5, 0.6) is 5.75 Å². The van der Waals surface area contributed by atoms with Crippen LogP contribution < -0.4 is 15.0 Å². The van der Waals surface area contributed by atoms with Gasteiger partial charge < -0.3 is 10.1 Å². The van der Waals surface area contributed by atoms with E-state index in [1.807, 2.05) is 37.3 Å². The van der Waals surface area contributed by atoms with E-state index in [0.29, 0.717) is 23.7 Å². The predicted molar refractivity (Wildman–Crippen MR) is 113 cm³/mol. The number of carbonyl (C=O) groups excluding carboxylic acids is 2. The number of benzene rings is 2. The van der Waals surface area contributed by atoms with Gasteiger partial charge >= 0.3 is 0 Å². The van der Waals surface area contributed by atoms with Crippen LogP contribution in [0.25, 0.3) is 0 Å². The minimum Gasteiger partial charge on any atom is -0.497 e. The monoisotopic (exact) mass is 404 g/mol. The molecule has 1 atom stereocenters. The van der Waals surface area contributed by atoms with Gasteiger partial charge in [-0.2, -0.15) is 5.10 Å². The molecule has 30 heavy (non-hydrogen) atoms. The van der Waals surface area contributed by atoms with Gasteiger partial charge in [0, 0.05) is 12.2 Å². The Hall–Kier alpha value is -3.61. The first-order chi connectivity index (χ1) is 14.4. The molecule has 3 aromatic rings. The Labute approximate surface area is 175 Å². The Morgan fingerprint density at radius 2 is 1.87 bits per heavy atom. The second-order valence-corrected chi connectivity index (χ2v) is 7.61. The summed E-state index contributed by atoms with van der Waals surface area (Å²) in [5.41, 5.74) is 1.68. The smallest absolute Gasteiger partial charge is 0.277 e. The highest BCUT2D eigenvalue weighted by atomic mass is 16.5.